The second-order valence-corrected chi connectivity index (χ2v) is 11.0. The number of anilines is 1. The van der Waals surface area contributed by atoms with Crippen LogP contribution in [-0.4, -0.2) is 87.4 Å². The van der Waals surface area contributed by atoms with E-state index in [4.69, 9.17) is 10.9 Å². The van der Waals surface area contributed by atoms with Crippen LogP contribution in [0.25, 0.3) is 11.3 Å². The monoisotopic (exact) mass is 483 g/mol. The van der Waals surface area contributed by atoms with Gasteiger partial charge in [-0.15, -0.1) is 0 Å². The minimum absolute atomic E-state index is 0.129. The lowest BCUT2D eigenvalue weighted by Gasteiger charge is -2.31. The first-order chi connectivity index (χ1) is 15.0. The zero-order valence-electron chi connectivity index (χ0n) is 17.4. The van der Waals surface area contributed by atoms with E-state index in [1.165, 1.54) is 22.6 Å². The van der Waals surface area contributed by atoms with E-state index in [0.717, 1.165) is 0 Å². The number of hydrogen-bond donors (Lipinski definition) is 3. The summed E-state index contributed by atoms with van der Waals surface area (Å²) in [5.41, 5.74) is 6.40. The maximum Gasteiger partial charge on any atom is 0.273 e. The highest BCUT2D eigenvalue weighted by Gasteiger charge is 2.27. The third-order valence-electron chi connectivity index (χ3n) is 4.94. The minimum Gasteiger partial charge on any atom is -0.382 e. The van der Waals surface area contributed by atoms with Crippen molar-refractivity contribution in [1.82, 2.24) is 24.5 Å². The van der Waals surface area contributed by atoms with Crippen LogP contribution < -0.4 is 16.2 Å². The van der Waals surface area contributed by atoms with Gasteiger partial charge in [-0.1, -0.05) is 12.1 Å². The van der Waals surface area contributed by atoms with Crippen molar-refractivity contribution in [3.8, 4) is 11.3 Å². The number of rotatable bonds is 7. The van der Waals surface area contributed by atoms with Gasteiger partial charge in [-0.2, -0.15) is 4.31 Å². The Balaban J connectivity index is 1.77. The number of amides is 1. The standard InChI is InChI=1S/C18H25N7O5S2/c1-24-7-9-25(10-8-24)32(29,30)14-4-2-13(3-5-14)15-12-22-17(19)16(23-15)18(26)21-6-11-31(20,27)28/h2-5,12H,6-11H2,1H3,(H2,19,22)(H,21,26)(H2,20,27,28). The lowest BCUT2D eigenvalue weighted by atomic mass is 10.1. The van der Waals surface area contributed by atoms with Crippen molar-refractivity contribution >= 4 is 31.8 Å². The minimum atomic E-state index is -3.73. The largest absolute Gasteiger partial charge is 0.382 e. The Hall–Kier alpha value is -2.65. The van der Waals surface area contributed by atoms with Crippen molar-refractivity contribution in [1.29, 1.82) is 0 Å². The Bertz CT molecular complexity index is 1190. The van der Waals surface area contributed by atoms with Gasteiger partial charge < -0.3 is 16.0 Å². The zero-order valence-corrected chi connectivity index (χ0v) is 19.1. The quantitative estimate of drug-likeness (QED) is 0.430. The highest BCUT2D eigenvalue weighted by Crippen LogP contribution is 2.23. The molecular weight excluding hydrogens is 458 g/mol. The number of hydrogen-bond acceptors (Lipinski definition) is 9. The smallest absolute Gasteiger partial charge is 0.273 e. The fourth-order valence-corrected chi connectivity index (χ4v) is 4.88. The van der Waals surface area contributed by atoms with Crippen LogP contribution in [0.15, 0.2) is 35.4 Å². The molecule has 0 spiro atoms. The molecule has 0 aliphatic carbocycles. The fraction of sp³-hybridized carbons (Fsp3) is 0.389. The van der Waals surface area contributed by atoms with E-state index in [9.17, 15) is 21.6 Å². The summed E-state index contributed by atoms with van der Waals surface area (Å²) in [7, 11) is -5.39. The summed E-state index contributed by atoms with van der Waals surface area (Å²) in [6, 6.07) is 6.11. The summed E-state index contributed by atoms with van der Waals surface area (Å²) in [5.74, 6) is -1.26. The molecule has 2 aromatic rings. The van der Waals surface area contributed by atoms with E-state index in [0.29, 0.717) is 37.4 Å². The number of carbonyl (C=O) groups is 1. The summed E-state index contributed by atoms with van der Waals surface area (Å²) >= 11 is 0. The summed E-state index contributed by atoms with van der Waals surface area (Å²) in [6.07, 6.45) is 1.36. The molecule has 0 saturated carbocycles. The molecule has 1 aliphatic heterocycles. The molecule has 12 nitrogen and oxygen atoms in total. The number of nitrogens with zero attached hydrogens (tertiary/aromatic N) is 4. The molecule has 3 rings (SSSR count). The molecule has 174 valence electrons. The number of carbonyl (C=O) groups excluding carboxylic acids is 1. The number of benzene rings is 1. The van der Waals surface area contributed by atoms with Crippen LogP contribution in [0.5, 0.6) is 0 Å². The molecule has 1 aliphatic rings. The van der Waals surface area contributed by atoms with Crippen molar-refractivity contribution in [3.63, 3.8) is 0 Å². The van der Waals surface area contributed by atoms with Gasteiger partial charge in [-0.25, -0.2) is 31.9 Å². The van der Waals surface area contributed by atoms with Crippen molar-refractivity contribution < 1.29 is 21.6 Å². The average Bonchev–Trinajstić information content (AvgIpc) is 2.73. The van der Waals surface area contributed by atoms with Gasteiger partial charge >= 0.3 is 0 Å². The lowest BCUT2D eigenvalue weighted by molar-refractivity contribution is 0.0952. The number of nitrogens with one attached hydrogen (secondary N) is 1. The summed E-state index contributed by atoms with van der Waals surface area (Å²) in [4.78, 5) is 22.7. The van der Waals surface area contributed by atoms with Crippen LogP contribution in [0.3, 0.4) is 0 Å². The summed E-state index contributed by atoms with van der Waals surface area (Å²) in [5, 5.41) is 7.28. The number of aromatic nitrogens is 2. The maximum atomic E-state index is 12.9. The highest BCUT2D eigenvalue weighted by molar-refractivity contribution is 7.89. The normalized spacial score (nSPS) is 16.1. The first-order valence-electron chi connectivity index (χ1n) is 9.68. The van der Waals surface area contributed by atoms with Gasteiger partial charge in [0.15, 0.2) is 11.5 Å². The molecule has 5 N–H and O–H groups in total. The van der Waals surface area contributed by atoms with E-state index >= 15 is 0 Å². The third kappa shape index (κ3) is 5.77. The number of likely N-dealkylation sites (N-methyl/N-ethyl adjacent to an activating group) is 1. The van der Waals surface area contributed by atoms with Gasteiger partial charge in [0.2, 0.25) is 20.0 Å². The molecular formula is C18H25N7O5S2. The Kier molecular flexibility index (Phi) is 7.09. The Morgan fingerprint density at radius 3 is 2.31 bits per heavy atom. The molecule has 0 bridgehead atoms. The molecule has 2 heterocycles. The van der Waals surface area contributed by atoms with E-state index in [2.05, 4.69) is 20.2 Å². The second-order valence-electron chi connectivity index (χ2n) is 7.34. The van der Waals surface area contributed by atoms with Crippen molar-refractivity contribution in [2.24, 2.45) is 5.14 Å². The first-order valence-corrected chi connectivity index (χ1v) is 12.8. The number of nitrogen functional groups attached to an aromatic ring is 1. The second kappa shape index (κ2) is 9.46. The molecule has 1 fully saturated rings. The molecule has 1 amide bonds. The number of piperazine rings is 1. The third-order valence-corrected chi connectivity index (χ3v) is 7.62. The molecule has 32 heavy (non-hydrogen) atoms. The number of sulfonamides is 2. The van der Waals surface area contributed by atoms with Gasteiger partial charge in [0.25, 0.3) is 5.91 Å². The van der Waals surface area contributed by atoms with Crippen LogP contribution in [0.1, 0.15) is 10.5 Å². The molecule has 14 heteroatoms. The molecule has 0 radical (unpaired) electrons. The van der Waals surface area contributed by atoms with Crippen LogP contribution in [0.4, 0.5) is 5.82 Å². The Morgan fingerprint density at radius 2 is 1.72 bits per heavy atom. The van der Waals surface area contributed by atoms with E-state index in [1.807, 2.05) is 7.05 Å². The van der Waals surface area contributed by atoms with Crippen molar-refractivity contribution in [2.75, 3.05) is 51.3 Å². The Labute approximate surface area is 186 Å². The summed E-state index contributed by atoms with van der Waals surface area (Å²) < 4.78 is 49.2. The summed E-state index contributed by atoms with van der Waals surface area (Å²) in [6.45, 7) is 1.98. The van der Waals surface area contributed by atoms with Crippen LogP contribution in [0, 0.1) is 0 Å². The van der Waals surface area contributed by atoms with Gasteiger partial charge in [-0.3, -0.25) is 4.79 Å². The van der Waals surface area contributed by atoms with Crippen molar-refractivity contribution in [2.45, 2.75) is 4.90 Å². The van der Waals surface area contributed by atoms with E-state index < -0.39 is 31.7 Å². The van der Waals surface area contributed by atoms with Gasteiger partial charge in [0, 0.05) is 38.3 Å². The molecule has 1 aromatic heterocycles. The van der Waals surface area contributed by atoms with Crippen LogP contribution in [-0.2, 0) is 20.0 Å². The molecule has 0 atom stereocenters. The van der Waals surface area contributed by atoms with Gasteiger partial charge in [0.1, 0.15) is 0 Å². The van der Waals surface area contributed by atoms with Gasteiger partial charge in [0.05, 0.1) is 22.5 Å². The average molecular weight is 484 g/mol. The SMILES string of the molecule is CN1CCN(S(=O)(=O)c2ccc(-c3cnc(N)c(C(=O)NCCS(N)(=O)=O)n3)cc2)CC1. The maximum absolute atomic E-state index is 12.9. The predicted molar refractivity (Wildman–Crippen MR) is 118 cm³/mol. The molecule has 1 saturated heterocycles. The predicted octanol–water partition coefficient (Wildman–Crippen LogP) is -1.32. The van der Waals surface area contributed by atoms with Crippen LogP contribution in [0.2, 0.25) is 0 Å². The van der Waals surface area contributed by atoms with Crippen molar-refractivity contribution in [3.05, 3.63) is 36.2 Å². The fourth-order valence-electron chi connectivity index (χ4n) is 3.07. The molecule has 1 aromatic carbocycles. The topological polar surface area (TPSA) is 182 Å². The van der Waals surface area contributed by atoms with Gasteiger partial charge in [-0.05, 0) is 19.2 Å². The number of primary sulfonamides is 1. The first kappa shape index (κ1) is 24.0. The lowest BCUT2D eigenvalue weighted by Crippen LogP contribution is -2.46. The number of nitrogens with two attached hydrogens (primary N) is 2. The van der Waals surface area contributed by atoms with Crippen LogP contribution >= 0.6 is 0 Å². The highest BCUT2D eigenvalue weighted by atomic mass is 32.2. The van der Waals surface area contributed by atoms with E-state index in [-0.39, 0.29) is 23.0 Å². The Morgan fingerprint density at radius 1 is 1.09 bits per heavy atom. The molecule has 0 unspecified atom stereocenters. The van der Waals surface area contributed by atoms with E-state index in [1.54, 1.807) is 12.1 Å². The zero-order chi connectivity index (χ0) is 23.5.